The second-order valence-electron chi connectivity index (χ2n) is 5.90. The van der Waals surface area contributed by atoms with Crippen molar-refractivity contribution < 1.29 is 14.1 Å². The van der Waals surface area contributed by atoms with Crippen LogP contribution in [0, 0.1) is 13.8 Å². The Balaban J connectivity index is 1.66. The number of hydrogen-bond acceptors (Lipinski definition) is 5. The number of anilines is 1. The van der Waals surface area contributed by atoms with E-state index in [0.29, 0.717) is 16.7 Å². The van der Waals surface area contributed by atoms with Gasteiger partial charge in [0.2, 0.25) is 0 Å². The minimum atomic E-state index is -0.740. The Hall–Kier alpha value is -2.86. The van der Waals surface area contributed by atoms with Crippen LogP contribution in [0.25, 0.3) is 11.5 Å². The summed E-state index contributed by atoms with van der Waals surface area (Å²) >= 11 is 5.99. The molecule has 1 N–H and O–H groups in total. The molecule has 0 saturated heterocycles. The monoisotopic (exact) mass is 371 g/mol. The maximum Gasteiger partial charge on any atom is 0.270 e. The zero-order valence-corrected chi connectivity index (χ0v) is 15.4. The van der Waals surface area contributed by atoms with Crippen molar-refractivity contribution in [2.75, 3.05) is 5.32 Å². The summed E-state index contributed by atoms with van der Waals surface area (Å²) < 4.78 is 10.9. The Morgan fingerprint density at radius 3 is 2.69 bits per heavy atom. The fourth-order valence-corrected chi connectivity index (χ4v) is 2.47. The lowest BCUT2D eigenvalue weighted by molar-refractivity contribution is -0.122. The normalized spacial score (nSPS) is 11.8. The summed E-state index contributed by atoms with van der Waals surface area (Å²) in [6.45, 7) is 5.45. The third-order valence-corrected chi connectivity index (χ3v) is 4.27. The molecule has 0 aliphatic carbocycles. The van der Waals surface area contributed by atoms with Gasteiger partial charge in [-0.1, -0.05) is 29.8 Å². The molecule has 2 aromatic carbocycles. The molecule has 3 rings (SSSR count). The average molecular weight is 372 g/mol. The molecule has 0 saturated carbocycles. The van der Waals surface area contributed by atoms with Crippen LogP contribution in [0.15, 0.2) is 47.0 Å². The first kappa shape index (κ1) is 17.9. The van der Waals surface area contributed by atoms with Gasteiger partial charge in [0.15, 0.2) is 6.10 Å². The number of carbonyl (C=O) groups excluding carboxylic acids is 1. The Morgan fingerprint density at radius 1 is 1.19 bits per heavy atom. The molecule has 0 aliphatic heterocycles. The van der Waals surface area contributed by atoms with E-state index in [0.717, 1.165) is 16.7 Å². The molecule has 3 aromatic rings. The third kappa shape index (κ3) is 4.03. The highest BCUT2D eigenvalue weighted by Crippen LogP contribution is 2.23. The smallest absolute Gasteiger partial charge is 0.270 e. The van der Waals surface area contributed by atoms with E-state index in [2.05, 4.69) is 15.5 Å². The number of rotatable bonds is 5. The number of nitrogens with one attached hydrogen (secondary N) is 1. The topological polar surface area (TPSA) is 77.2 Å². The van der Waals surface area contributed by atoms with E-state index >= 15 is 0 Å². The van der Waals surface area contributed by atoms with Crippen molar-refractivity contribution in [1.82, 2.24) is 10.1 Å². The molecular weight excluding hydrogens is 354 g/mol. The number of hydrogen-bond donors (Lipinski definition) is 1. The molecule has 0 unspecified atom stereocenters. The molecule has 134 valence electrons. The van der Waals surface area contributed by atoms with E-state index in [1.165, 1.54) is 0 Å². The summed E-state index contributed by atoms with van der Waals surface area (Å²) in [4.78, 5) is 16.5. The highest BCUT2D eigenvalue weighted by atomic mass is 35.5. The van der Waals surface area contributed by atoms with E-state index < -0.39 is 6.10 Å². The van der Waals surface area contributed by atoms with Gasteiger partial charge < -0.3 is 9.26 Å². The van der Waals surface area contributed by atoms with Crippen molar-refractivity contribution in [3.8, 4) is 17.2 Å². The zero-order valence-electron chi connectivity index (χ0n) is 14.6. The van der Waals surface area contributed by atoms with Crippen molar-refractivity contribution in [3.63, 3.8) is 0 Å². The first-order chi connectivity index (χ1) is 12.4. The Bertz CT molecular complexity index is 939. The summed E-state index contributed by atoms with van der Waals surface area (Å²) in [5, 5.41) is 7.03. The number of aryl methyl sites for hydroxylation is 2. The van der Waals surface area contributed by atoms with Crippen LogP contribution >= 0.6 is 11.6 Å². The number of aromatic nitrogens is 2. The Labute approximate surface area is 156 Å². The number of carbonyl (C=O) groups is 1. The number of nitrogens with zero attached hydrogens (tertiary/aromatic N) is 2. The van der Waals surface area contributed by atoms with Gasteiger partial charge in [-0.2, -0.15) is 4.98 Å². The lowest BCUT2D eigenvalue weighted by Crippen LogP contribution is -2.30. The van der Waals surface area contributed by atoms with Crippen molar-refractivity contribution >= 4 is 23.5 Å². The molecule has 7 heteroatoms. The molecule has 26 heavy (non-hydrogen) atoms. The minimum absolute atomic E-state index is 0.0935. The predicted molar refractivity (Wildman–Crippen MR) is 99.4 cm³/mol. The quantitative estimate of drug-likeness (QED) is 0.718. The minimum Gasteiger partial charge on any atom is -0.481 e. The van der Waals surface area contributed by atoms with Gasteiger partial charge in [0.25, 0.3) is 17.7 Å². The SMILES string of the molecule is Cc1cc(O[C@H](C)C(=O)Nc2noc(-c3ccccc3C)n2)ccc1Cl. The summed E-state index contributed by atoms with van der Waals surface area (Å²) in [5.74, 6) is 0.620. The average Bonchev–Trinajstić information content (AvgIpc) is 3.06. The molecule has 0 fully saturated rings. The van der Waals surface area contributed by atoms with Crippen molar-refractivity contribution in [3.05, 3.63) is 58.6 Å². The molecule has 1 aromatic heterocycles. The van der Waals surface area contributed by atoms with Crippen molar-refractivity contribution in [1.29, 1.82) is 0 Å². The van der Waals surface area contributed by atoms with Gasteiger partial charge in [-0.15, -0.1) is 0 Å². The second-order valence-corrected chi connectivity index (χ2v) is 6.31. The Morgan fingerprint density at radius 2 is 1.96 bits per heavy atom. The molecule has 1 atom stereocenters. The maximum atomic E-state index is 12.3. The standard InChI is InChI=1S/C19H18ClN3O3/c1-11-6-4-5-7-15(11)18-22-19(23-26-18)21-17(24)13(3)25-14-8-9-16(20)12(2)10-14/h4-10,13H,1-3H3,(H,21,23,24)/t13-/m1/s1. The number of ether oxygens (including phenoxy) is 1. The summed E-state index contributed by atoms with van der Waals surface area (Å²) in [6.07, 6.45) is -0.740. The molecule has 1 heterocycles. The van der Waals surface area contributed by atoms with Gasteiger partial charge in [0, 0.05) is 10.6 Å². The van der Waals surface area contributed by atoms with Crippen molar-refractivity contribution in [2.24, 2.45) is 0 Å². The van der Waals surface area contributed by atoms with Crippen molar-refractivity contribution in [2.45, 2.75) is 26.9 Å². The zero-order chi connectivity index (χ0) is 18.7. The molecule has 0 aliphatic rings. The molecule has 0 bridgehead atoms. The predicted octanol–water partition coefficient (Wildman–Crippen LogP) is 4.41. The molecule has 1 amide bonds. The van der Waals surface area contributed by atoms with Crippen LogP contribution in [0.3, 0.4) is 0 Å². The first-order valence-corrected chi connectivity index (χ1v) is 8.45. The van der Waals surface area contributed by atoms with Gasteiger partial charge in [-0.25, -0.2) is 0 Å². The fourth-order valence-electron chi connectivity index (χ4n) is 2.36. The van der Waals surface area contributed by atoms with Crippen LogP contribution in [0.2, 0.25) is 5.02 Å². The van der Waals surface area contributed by atoms with Gasteiger partial charge in [0.05, 0.1) is 0 Å². The molecule has 0 radical (unpaired) electrons. The number of halogens is 1. The number of amides is 1. The van der Waals surface area contributed by atoms with E-state index in [-0.39, 0.29) is 11.9 Å². The molecular formula is C19H18ClN3O3. The van der Waals surface area contributed by atoms with Crippen LogP contribution in [0.1, 0.15) is 18.1 Å². The third-order valence-electron chi connectivity index (χ3n) is 3.85. The van der Waals surface area contributed by atoms with Crippen LogP contribution in [0.5, 0.6) is 5.75 Å². The second kappa shape index (κ2) is 7.58. The Kier molecular flexibility index (Phi) is 5.23. The lowest BCUT2D eigenvalue weighted by atomic mass is 10.1. The highest BCUT2D eigenvalue weighted by Gasteiger charge is 2.19. The van der Waals surface area contributed by atoms with Gasteiger partial charge in [-0.3, -0.25) is 10.1 Å². The molecule has 6 nitrogen and oxygen atoms in total. The van der Waals surface area contributed by atoms with Gasteiger partial charge in [0.1, 0.15) is 5.75 Å². The van der Waals surface area contributed by atoms with Crippen LogP contribution in [0.4, 0.5) is 5.95 Å². The fraction of sp³-hybridized carbons (Fsp3) is 0.211. The molecule has 0 spiro atoms. The largest absolute Gasteiger partial charge is 0.481 e. The van der Waals surface area contributed by atoms with E-state index in [9.17, 15) is 4.79 Å². The maximum absolute atomic E-state index is 12.3. The summed E-state index contributed by atoms with van der Waals surface area (Å²) in [6, 6.07) is 12.8. The summed E-state index contributed by atoms with van der Waals surface area (Å²) in [7, 11) is 0. The lowest BCUT2D eigenvalue weighted by Gasteiger charge is -2.14. The van der Waals surface area contributed by atoms with E-state index in [1.54, 1.807) is 25.1 Å². The highest BCUT2D eigenvalue weighted by molar-refractivity contribution is 6.31. The van der Waals surface area contributed by atoms with Gasteiger partial charge >= 0.3 is 0 Å². The van der Waals surface area contributed by atoms with E-state index in [4.69, 9.17) is 20.9 Å². The number of benzene rings is 2. The first-order valence-electron chi connectivity index (χ1n) is 8.07. The summed E-state index contributed by atoms with van der Waals surface area (Å²) in [5.41, 5.74) is 2.70. The van der Waals surface area contributed by atoms with Crippen LogP contribution in [-0.2, 0) is 4.79 Å². The van der Waals surface area contributed by atoms with E-state index in [1.807, 2.05) is 38.1 Å². The van der Waals surface area contributed by atoms with Crippen LogP contribution in [-0.4, -0.2) is 22.2 Å². The van der Waals surface area contributed by atoms with Gasteiger partial charge in [-0.05, 0) is 61.3 Å². The van der Waals surface area contributed by atoms with Crippen LogP contribution < -0.4 is 10.1 Å².